The van der Waals surface area contributed by atoms with E-state index in [4.69, 9.17) is 30.2 Å². The van der Waals surface area contributed by atoms with Crippen LogP contribution in [0.2, 0.25) is 5.02 Å². The fourth-order valence-electron chi connectivity index (χ4n) is 4.44. The molecule has 0 N–H and O–H groups in total. The Labute approximate surface area is 228 Å². The van der Waals surface area contributed by atoms with Crippen LogP contribution >= 0.6 is 11.6 Å². The Hall–Kier alpha value is -4.56. The quantitative estimate of drug-likeness (QED) is 0.143. The first-order chi connectivity index (χ1) is 18.8. The summed E-state index contributed by atoms with van der Waals surface area (Å²) in [6, 6.07) is 20.2. The molecule has 8 nitrogen and oxygen atoms in total. The van der Waals surface area contributed by atoms with Gasteiger partial charge in [0.2, 0.25) is 0 Å². The molecule has 0 saturated heterocycles. The summed E-state index contributed by atoms with van der Waals surface area (Å²) in [5.74, 6) is 0.387. The number of halogens is 1. The number of methoxy groups -OCH3 is 1. The molecule has 2 aromatic heterocycles. The molecule has 2 heterocycles. The number of benzene rings is 3. The standard InChI is InChI=1S/C30H24ClNO7/c1-18-24(17-29(34)38-14-13-37-23-9-5-19-6-12-28(33)39-27(19)16-23)25-15-22(36-2)10-11-26(25)32(18)30(35)20-3-7-21(31)8-4-20/h3-12,15-16H,13-14,17H2,1-2H3. The van der Waals surface area contributed by atoms with E-state index in [2.05, 4.69) is 0 Å². The lowest BCUT2D eigenvalue weighted by molar-refractivity contribution is -0.143. The summed E-state index contributed by atoms with van der Waals surface area (Å²) in [7, 11) is 1.56. The third-order valence-corrected chi connectivity index (χ3v) is 6.62. The zero-order chi connectivity index (χ0) is 27.5. The minimum Gasteiger partial charge on any atom is -0.497 e. The first kappa shape index (κ1) is 26.1. The van der Waals surface area contributed by atoms with Crippen LogP contribution in [0.25, 0.3) is 21.9 Å². The molecular formula is C30H24ClNO7. The van der Waals surface area contributed by atoms with Crippen LogP contribution in [0, 0.1) is 6.92 Å². The number of carbonyl (C=O) groups excluding carboxylic acids is 2. The molecule has 198 valence electrons. The summed E-state index contributed by atoms with van der Waals surface area (Å²) < 4.78 is 23.2. The van der Waals surface area contributed by atoms with Crippen molar-refractivity contribution < 1.29 is 28.2 Å². The van der Waals surface area contributed by atoms with Crippen LogP contribution in [0.15, 0.2) is 82.0 Å². The SMILES string of the molecule is COc1ccc2c(c1)c(CC(=O)OCCOc1ccc3ccc(=O)oc3c1)c(C)n2C(=O)c1ccc(Cl)cc1. The lowest BCUT2D eigenvalue weighted by Crippen LogP contribution is -2.16. The van der Waals surface area contributed by atoms with Crippen LogP contribution in [-0.4, -0.2) is 36.8 Å². The van der Waals surface area contributed by atoms with Crippen molar-refractivity contribution in [3.05, 3.63) is 105 Å². The van der Waals surface area contributed by atoms with Gasteiger partial charge in [-0.25, -0.2) is 4.79 Å². The van der Waals surface area contributed by atoms with Gasteiger partial charge in [-0.05, 0) is 73.2 Å². The molecule has 0 aliphatic carbocycles. The predicted molar refractivity (Wildman–Crippen MR) is 147 cm³/mol. The molecule has 0 aliphatic heterocycles. The number of rotatable bonds is 8. The zero-order valence-electron chi connectivity index (χ0n) is 21.2. The molecular weight excluding hydrogens is 522 g/mol. The van der Waals surface area contributed by atoms with Crippen molar-refractivity contribution in [1.29, 1.82) is 0 Å². The number of hydrogen-bond donors (Lipinski definition) is 0. The van der Waals surface area contributed by atoms with E-state index in [1.54, 1.807) is 85.3 Å². The molecule has 0 spiro atoms. The van der Waals surface area contributed by atoms with Crippen LogP contribution in [0.3, 0.4) is 0 Å². The Balaban J connectivity index is 1.31. The van der Waals surface area contributed by atoms with Crippen LogP contribution in [-0.2, 0) is 16.0 Å². The second kappa shape index (κ2) is 11.0. The Kier molecular flexibility index (Phi) is 7.38. The van der Waals surface area contributed by atoms with E-state index in [1.807, 2.05) is 0 Å². The number of nitrogens with zero attached hydrogens (tertiary/aromatic N) is 1. The van der Waals surface area contributed by atoms with Crippen molar-refractivity contribution in [1.82, 2.24) is 4.57 Å². The van der Waals surface area contributed by atoms with Gasteiger partial charge in [0.25, 0.3) is 5.91 Å². The van der Waals surface area contributed by atoms with E-state index in [0.29, 0.717) is 44.4 Å². The number of carbonyl (C=O) groups is 2. The summed E-state index contributed by atoms with van der Waals surface area (Å²) in [6.45, 7) is 1.92. The predicted octanol–water partition coefficient (Wildman–Crippen LogP) is 5.57. The van der Waals surface area contributed by atoms with E-state index in [9.17, 15) is 14.4 Å². The number of esters is 1. The molecule has 5 rings (SSSR count). The van der Waals surface area contributed by atoms with Gasteiger partial charge in [-0.15, -0.1) is 0 Å². The molecule has 0 amide bonds. The van der Waals surface area contributed by atoms with Gasteiger partial charge in [-0.3, -0.25) is 14.2 Å². The fourth-order valence-corrected chi connectivity index (χ4v) is 4.56. The summed E-state index contributed by atoms with van der Waals surface area (Å²) in [4.78, 5) is 37.7. The molecule has 0 unspecified atom stereocenters. The smallest absolute Gasteiger partial charge is 0.336 e. The van der Waals surface area contributed by atoms with E-state index in [0.717, 1.165) is 10.8 Å². The molecule has 5 aromatic rings. The summed E-state index contributed by atoms with van der Waals surface area (Å²) in [6.07, 6.45) is -0.0441. The van der Waals surface area contributed by atoms with Crippen LogP contribution in [0.1, 0.15) is 21.6 Å². The zero-order valence-corrected chi connectivity index (χ0v) is 22.0. The number of hydrogen-bond acceptors (Lipinski definition) is 7. The van der Waals surface area contributed by atoms with Gasteiger partial charge >= 0.3 is 11.6 Å². The Morgan fingerprint density at radius 2 is 1.67 bits per heavy atom. The average Bonchev–Trinajstić information content (AvgIpc) is 3.20. The number of ether oxygens (including phenoxy) is 3. The molecule has 0 aliphatic rings. The maximum atomic E-state index is 13.4. The highest BCUT2D eigenvalue weighted by atomic mass is 35.5. The van der Waals surface area contributed by atoms with Crippen LogP contribution < -0.4 is 15.1 Å². The molecule has 39 heavy (non-hydrogen) atoms. The van der Waals surface area contributed by atoms with Crippen LogP contribution in [0.4, 0.5) is 0 Å². The highest BCUT2D eigenvalue weighted by molar-refractivity contribution is 6.30. The second-order valence-corrected chi connectivity index (χ2v) is 9.23. The van der Waals surface area contributed by atoms with Gasteiger partial charge in [-0.1, -0.05) is 11.6 Å². The summed E-state index contributed by atoms with van der Waals surface area (Å²) >= 11 is 5.99. The largest absolute Gasteiger partial charge is 0.497 e. The van der Waals surface area contributed by atoms with E-state index >= 15 is 0 Å². The van der Waals surface area contributed by atoms with Crippen molar-refractivity contribution in [2.24, 2.45) is 0 Å². The highest BCUT2D eigenvalue weighted by Gasteiger charge is 2.22. The number of fused-ring (bicyclic) bond motifs is 2. The molecule has 0 bridgehead atoms. The minimum atomic E-state index is -0.466. The molecule has 3 aromatic carbocycles. The van der Waals surface area contributed by atoms with E-state index < -0.39 is 11.6 Å². The van der Waals surface area contributed by atoms with E-state index in [1.165, 1.54) is 6.07 Å². The summed E-state index contributed by atoms with van der Waals surface area (Å²) in [5, 5.41) is 2.03. The van der Waals surface area contributed by atoms with Crippen molar-refractivity contribution in [2.75, 3.05) is 20.3 Å². The fraction of sp³-hybridized carbons (Fsp3) is 0.167. The topological polar surface area (TPSA) is 97.0 Å². The molecule has 0 atom stereocenters. The molecule has 9 heteroatoms. The first-order valence-electron chi connectivity index (χ1n) is 12.1. The highest BCUT2D eigenvalue weighted by Crippen LogP contribution is 2.31. The van der Waals surface area contributed by atoms with Gasteiger partial charge < -0.3 is 18.6 Å². The van der Waals surface area contributed by atoms with Crippen LogP contribution in [0.5, 0.6) is 11.5 Å². The molecule has 0 fully saturated rings. The third kappa shape index (κ3) is 5.51. The van der Waals surface area contributed by atoms with Gasteiger partial charge in [0.1, 0.15) is 30.3 Å². The Morgan fingerprint density at radius 3 is 2.44 bits per heavy atom. The molecule has 0 saturated carbocycles. The summed E-state index contributed by atoms with van der Waals surface area (Å²) in [5.41, 5.74) is 2.38. The van der Waals surface area contributed by atoms with Crippen molar-refractivity contribution in [3.8, 4) is 11.5 Å². The lowest BCUT2D eigenvalue weighted by atomic mass is 10.1. The Morgan fingerprint density at radius 1 is 0.923 bits per heavy atom. The van der Waals surface area contributed by atoms with Gasteiger partial charge in [0.05, 0.1) is 19.0 Å². The normalized spacial score (nSPS) is 11.1. The molecule has 0 radical (unpaired) electrons. The van der Waals surface area contributed by atoms with Crippen molar-refractivity contribution in [2.45, 2.75) is 13.3 Å². The average molecular weight is 546 g/mol. The lowest BCUT2D eigenvalue weighted by Gasteiger charge is -2.09. The van der Waals surface area contributed by atoms with E-state index in [-0.39, 0.29) is 25.5 Å². The number of aromatic nitrogens is 1. The third-order valence-electron chi connectivity index (χ3n) is 6.37. The van der Waals surface area contributed by atoms with Crippen molar-refractivity contribution >= 4 is 45.3 Å². The maximum absolute atomic E-state index is 13.4. The van der Waals surface area contributed by atoms with Gasteiger partial charge in [0, 0.05) is 39.2 Å². The Bertz CT molecular complexity index is 1750. The van der Waals surface area contributed by atoms with Gasteiger partial charge in [-0.2, -0.15) is 0 Å². The maximum Gasteiger partial charge on any atom is 0.336 e. The first-order valence-corrected chi connectivity index (χ1v) is 12.5. The monoisotopic (exact) mass is 545 g/mol. The minimum absolute atomic E-state index is 0.0142. The second-order valence-electron chi connectivity index (χ2n) is 8.79. The van der Waals surface area contributed by atoms with Gasteiger partial charge in [0.15, 0.2) is 0 Å². The van der Waals surface area contributed by atoms with Crippen molar-refractivity contribution in [3.63, 3.8) is 0 Å².